The molecule has 6 aromatic rings. The third-order valence-electron chi connectivity index (χ3n) is 9.26. The first-order valence-electron chi connectivity index (χ1n) is 14.1. The monoisotopic (exact) mass is 580 g/mol. The van der Waals surface area contributed by atoms with Crippen molar-refractivity contribution in [2.24, 2.45) is 21.1 Å². The Morgan fingerprint density at radius 3 is 0.950 bits per heavy atom. The van der Waals surface area contributed by atoms with Crippen molar-refractivity contribution in [2.75, 3.05) is 0 Å². The summed E-state index contributed by atoms with van der Waals surface area (Å²) in [6.45, 7) is 15.4. The molecule has 206 valence electrons. The van der Waals surface area contributed by atoms with Gasteiger partial charge in [0, 0.05) is 21.1 Å². The van der Waals surface area contributed by atoms with Gasteiger partial charge in [-0.1, -0.05) is 75.7 Å². The second-order valence-electron chi connectivity index (χ2n) is 13.0. The number of imidazole rings is 3. The highest BCUT2D eigenvalue weighted by Gasteiger charge is 2.59. The topological polar surface area (TPSA) is 53.5 Å². The molecule has 0 N–H and O–H groups in total. The lowest BCUT2D eigenvalue weighted by Gasteiger charge is -2.48. The van der Waals surface area contributed by atoms with Crippen LogP contribution in [0.3, 0.4) is 0 Å². The molecular formula is C31H40N6Si3. The third kappa shape index (κ3) is 3.82. The van der Waals surface area contributed by atoms with Gasteiger partial charge in [-0.3, -0.25) is 0 Å². The lowest BCUT2D eigenvalue weighted by Crippen LogP contribution is -2.73. The van der Waals surface area contributed by atoms with E-state index < -0.39 is 24.2 Å². The molecule has 0 saturated carbocycles. The van der Waals surface area contributed by atoms with E-state index in [1.807, 2.05) is 0 Å². The van der Waals surface area contributed by atoms with Gasteiger partial charge in [0.25, 0.3) is 0 Å². The fourth-order valence-corrected chi connectivity index (χ4v) is 37.2. The standard InChI is InChI=1S/C31H40N6Si3/c1-35-25-19-13-10-16-22(25)32-28(35)38(4,5)31(39(6,7)29-33-23-17-11-14-20-26(23)36(29)2)40(8,9)30-34-24-18-12-15-21-27(24)37(30)3/h10-21,31H,1-9H3. The van der Waals surface area contributed by atoms with Crippen LogP contribution in [-0.2, 0) is 21.1 Å². The Balaban J connectivity index is 1.64. The number of hydrogen-bond acceptors (Lipinski definition) is 3. The van der Waals surface area contributed by atoms with Gasteiger partial charge in [0.1, 0.15) is 24.2 Å². The number of hydrogen-bond donors (Lipinski definition) is 0. The zero-order valence-electron chi connectivity index (χ0n) is 25.2. The van der Waals surface area contributed by atoms with E-state index in [9.17, 15) is 0 Å². The van der Waals surface area contributed by atoms with Crippen molar-refractivity contribution < 1.29 is 0 Å². The number of para-hydroxylation sites is 6. The number of fused-ring (bicyclic) bond motifs is 3. The first kappa shape index (κ1) is 26.9. The molecule has 0 fully saturated rings. The molecular weight excluding hydrogens is 541 g/mol. The summed E-state index contributed by atoms with van der Waals surface area (Å²) in [4.78, 5) is 16.6. The van der Waals surface area contributed by atoms with E-state index >= 15 is 0 Å². The Bertz CT molecular complexity index is 1670. The molecule has 40 heavy (non-hydrogen) atoms. The van der Waals surface area contributed by atoms with Gasteiger partial charge in [-0.05, 0) is 41.2 Å². The van der Waals surface area contributed by atoms with Gasteiger partial charge in [-0.25, -0.2) is 15.0 Å². The van der Waals surface area contributed by atoms with E-state index in [1.54, 1.807) is 0 Å². The van der Waals surface area contributed by atoms with E-state index in [-0.39, 0.29) is 0 Å². The van der Waals surface area contributed by atoms with Crippen LogP contribution in [-0.4, -0.2) is 52.9 Å². The molecule has 3 aromatic carbocycles. The van der Waals surface area contributed by atoms with Crippen molar-refractivity contribution in [2.45, 2.75) is 44.1 Å². The maximum absolute atomic E-state index is 5.36. The molecule has 6 nitrogen and oxygen atoms in total. The van der Waals surface area contributed by atoms with E-state index in [0.29, 0.717) is 4.79 Å². The SMILES string of the molecule is Cn1c([Si](C)(C)C([Si](C)(C)c2nc3ccccc3n2C)[Si](C)(C)c2nc3ccccc3n2C)nc2ccccc21. The second kappa shape index (κ2) is 9.12. The average Bonchev–Trinajstić information content (AvgIpc) is 3.56. The molecule has 0 spiro atoms. The maximum atomic E-state index is 5.36. The molecule has 0 aliphatic rings. The van der Waals surface area contributed by atoms with Gasteiger partial charge in [0.2, 0.25) is 0 Å². The number of benzene rings is 3. The lowest BCUT2D eigenvalue weighted by molar-refractivity contribution is 0.964. The minimum Gasteiger partial charge on any atom is -0.335 e. The molecule has 3 heterocycles. The van der Waals surface area contributed by atoms with Crippen molar-refractivity contribution in [3.63, 3.8) is 0 Å². The Labute approximate surface area is 239 Å². The minimum atomic E-state index is -2.25. The first-order valence-corrected chi connectivity index (χ1v) is 23.4. The molecule has 0 radical (unpaired) electrons. The van der Waals surface area contributed by atoms with E-state index in [4.69, 9.17) is 15.0 Å². The van der Waals surface area contributed by atoms with Crippen molar-refractivity contribution >= 4 is 73.7 Å². The van der Waals surface area contributed by atoms with E-state index in [0.717, 1.165) is 16.6 Å². The summed E-state index contributed by atoms with van der Waals surface area (Å²) in [5.41, 5.74) is 10.7. The lowest BCUT2D eigenvalue weighted by atomic mass is 10.3. The third-order valence-corrected chi connectivity index (χ3v) is 31.4. The fourth-order valence-electron chi connectivity index (χ4n) is 8.26. The molecule has 0 aliphatic heterocycles. The number of rotatable bonds is 6. The van der Waals surface area contributed by atoms with Crippen LogP contribution < -0.4 is 16.3 Å². The van der Waals surface area contributed by atoms with Crippen LogP contribution in [0.1, 0.15) is 0 Å². The quantitative estimate of drug-likeness (QED) is 0.262. The predicted octanol–water partition coefficient (Wildman–Crippen LogP) is 4.94. The van der Waals surface area contributed by atoms with Gasteiger partial charge in [-0.15, -0.1) is 0 Å². The summed E-state index contributed by atoms with van der Waals surface area (Å²) in [5.74, 6) is 0. The van der Waals surface area contributed by atoms with Crippen LogP contribution in [0.25, 0.3) is 33.1 Å². The predicted molar refractivity (Wildman–Crippen MR) is 177 cm³/mol. The Hall–Kier alpha value is -3.28. The largest absolute Gasteiger partial charge is 0.335 e. The Morgan fingerprint density at radius 2 is 0.700 bits per heavy atom. The maximum Gasteiger partial charge on any atom is 0.125 e. The molecule has 0 unspecified atom stereocenters. The van der Waals surface area contributed by atoms with Crippen molar-refractivity contribution in [3.05, 3.63) is 72.8 Å². The van der Waals surface area contributed by atoms with Gasteiger partial charge >= 0.3 is 0 Å². The van der Waals surface area contributed by atoms with Gasteiger partial charge in [-0.2, -0.15) is 0 Å². The van der Waals surface area contributed by atoms with Gasteiger partial charge in [0.15, 0.2) is 0 Å². The summed E-state index contributed by atoms with van der Waals surface area (Å²) in [5, 5.41) is 0. The number of aromatic nitrogens is 6. The van der Waals surface area contributed by atoms with Gasteiger partial charge < -0.3 is 13.7 Å². The normalized spacial score (nSPS) is 13.3. The highest BCUT2D eigenvalue weighted by Crippen LogP contribution is 2.40. The van der Waals surface area contributed by atoms with Crippen LogP contribution in [0.2, 0.25) is 44.1 Å². The van der Waals surface area contributed by atoms with Crippen LogP contribution in [0.15, 0.2) is 72.8 Å². The van der Waals surface area contributed by atoms with E-state index in [2.05, 4.69) is 147 Å². The van der Waals surface area contributed by atoms with Crippen LogP contribution in [0.5, 0.6) is 0 Å². The Morgan fingerprint density at radius 1 is 0.450 bits per heavy atom. The number of nitrogens with zero attached hydrogens (tertiary/aromatic N) is 6. The molecule has 0 saturated heterocycles. The zero-order valence-corrected chi connectivity index (χ0v) is 28.2. The molecule has 0 amide bonds. The highest BCUT2D eigenvalue weighted by molar-refractivity contribution is 7.22. The minimum absolute atomic E-state index is 0.467. The molecule has 0 atom stereocenters. The van der Waals surface area contributed by atoms with Gasteiger partial charge in [0.05, 0.1) is 49.4 Å². The summed E-state index contributed by atoms with van der Waals surface area (Å²) < 4.78 is 7.15. The van der Waals surface area contributed by atoms with Crippen molar-refractivity contribution in [1.82, 2.24) is 28.7 Å². The summed E-state index contributed by atoms with van der Waals surface area (Å²) in [6.07, 6.45) is 0. The van der Waals surface area contributed by atoms with Crippen molar-refractivity contribution in [1.29, 1.82) is 0 Å². The molecule has 0 bridgehead atoms. The second-order valence-corrected chi connectivity index (χ2v) is 28.2. The van der Waals surface area contributed by atoms with E-state index in [1.165, 1.54) is 32.9 Å². The summed E-state index contributed by atoms with van der Waals surface area (Å²) in [6, 6.07) is 25.7. The van der Waals surface area contributed by atoms with Crippen molar-refractivity contribution in [3.8, 4) is 0 Å². The van der Waals surface area contributed by atoms with Crippen LogP contribution >= 0.6 is 0 Å². The highest BCUT2D eigenvalue weighted by atomic mass is 28.5. The summed E-state index contributed by atoms with van der Waals surface area (Å²) >= 11 is 0. The molecule has 6 rings (SSSR count). The molecule has 0 aliphatic carbocycles. The molecule has 3 aromatic heterocycles. The first-order chi connectivity index (χ1) is 18.9. The fraction of sp³-hybridized carbons (Fsp3) is 0.323. The molecule has 9 heteroatoms. The average molecular weight is 581 g/mol. The Kier molecular flexibility index (Phi) is 6.14. The number of aryl methyl sites for hydroxylation is 3. The van der Waals surface area contributed by atoms with Crippen LogP contribution in [0.4, 0.5) is 0 Å². The van der Waals surface area contributed by atoms with Crippen LogP contribution in [0, 0.1) is 0 Å². The zero-order chi connectivity index (χ0) is 28.6. The smallest absolute Gasteiger partial charge is 0.125 e. The summed E-state index contributed by atoms with van der Waals surface area (Å²) in [7, 11) is -0.108.